The van der Waals surface area contributed by atoms with Gasteiger partial charge in [0.25, 0.3) is 0 Å². The van der Waals surface area contributed by atoms with Gasteiger partial charge in [0, 0.05) is 16.6 Å². The summed E-state index contributed by atoms with van der Waals surface area (Å²) in [5.74, 6) is 0.883. The Hall–Kier alpha value is -0.630. The fraction of sp³-hybridized carbons (Fsp3) is 0.667. The zero-order valence-corrected chi connectivity index (χ0v) is 14.2. The van der Waals surface area contributed by atoms with Crippen molar-refractivity contribution >= 4 is 17.4 Å². The fourth-order valence-electron chi connectivity index (χ4n) is 3.24. The average molecular weight is 292 g/mol. The molecule has 0 amide bonds. The molecule has 1 nitrogen and oxygen atoms in total. The molecule has 1 aliphatic rings. The highest BCUT2D eigenvalue weighted by molar-refractivity contribution is 7.98. The minimum Gasteiger partial charge on any atom is -0.382 e. The third-order valence-electron chi connectivity index (χ3n) is 4.65. The number of rotatable bonds is 3. The lowest BCUT2D eigenvalue weighted by molar-refractivity contribution is 0.214. The molecule has 2 heteroatoms. The minimum absolute atomic E-state index is 0.467. The van der Waals surface area contributed by atoms with Gasteiger partial charge in [-0.05, 0) is 67.5 Å². The molecule has 1 aliphatic carbocycles. The number of nitrogens with one attached hydrogen (secondary N) is 1. The van der Waals surface area contributed by atoms with Gasteiger partial charge in [0.05, 0.1) is 0 Å². The number of hydrogen-bond acceptors (Lipinski definition) is 2. The van der Waals surface area contributed by atoms with Gasteiger partial charge in [-0.2, -0.15) is 0 Å². The van der Waals surface area contributed by atoms with E-state index >= 15 is 0 Å². The van der Waals surface area contributed by atoms with Gasteiger partial charge in [-0.1, -0.05) is 27.2 Å². The normalized spacial score (nSPS) is 24.2. The molecule has 2 unspecified atom stereocenters. The second-order valence-corrected chi connectivity index (χ2v) is 8.02. The lowest BCUT2D eigenvalue weighted by Gasteiger charge is -2.29. The van der Waals surface area contributed by atoms with Gasteiger partial charge in [-0.25, -0.2) is 0 Å². The molecule has 1 aromatic carbocycles. The van der Waals surface area contributed by atoms with Crippen LogP contribution in [0, 0.1) is 11.3 Å². The molecule has 0 aromatic heterocycles. The quantitative estimate of drug-likeness (QED) is 0.556. The molecule has 0 bridgehead atoms. The first-order valence-electron chi connectivity index (χ1n) is 7.89. The third-order valence-corrected chi connectivity index (χ3v) is 5.40. The second kappa shape index (κ2) is 6.89. The number of hydrogen-bond donors (Lipinski definition) is 1. The smallest absolute Gasteiger partial charge is 0.0343 e. The van der Waals surface area contributed by atoms with Crippen LogP contribution in [0.3, 0.4) is 0 Å². The standard InChI is InChI=1S/C18H29NS/c1-18(2,3)14-6-5-7-15(9-8-14)19-16-10-12-17(20-4)13-11-16/h10-15,19H,5-9H2,1-4H3. The van der Waals surface area contributed by atoms with E-state index in [1.165, 1.54) is 42.7 Å². The monoisotopic (exact) mass is 291 g/mol. The molecule has 0 saturated heterocycles. The second-order valence-electron chi connectivity index (χ2n) is 7.14. The van der Waals surface area contributed by atoms with Crippen molar-refractivity contribution in [1.82, 2.24) is 0 Å². The summed E-state index contributed by atoms with van der Waals surface area (Å²) in [5.41, 5.74) is 1.75. The van der Waals surface area contributed by atoms with Crippen LogP contribution in [0.1, 0.15) is 52.9 Å². The highest BCUT2D eigenvalue weighted by Gasteiger charge is 2.27. The van der Waals surface area contributed by atoms with Crippen LogP contribution >= 0.6 is 11.8 Å². The Kier molecular flexibility index (Phi) is 5.42. The zero-order valence-electron chi connectivity index (χ0n) is 13.4. The largest absolute Gasteiger partial charge is 0.382 e. The average Bonchev–Trinajstić information content (AvgIpc) is 2.65. The summed E-state index contributed by atoms with van der Waals surface area (Å²) >= 11 is 1.80. The van der Waals surface area contributed by atoms with E-state index in [0.717, 1.165) is 5.92 Å². The highest BCUT2D eigenvalue weighted by atomic mass is 32.2. The number of anilines is 1. The van der Waals surface area contributed by atoms with Crippen LogP contribution < -0.4 is 5.32 Å². The van der Waals surface area contributed by atoms with E-state index in [1.54, 1.807) is 11.8 Å². The molecule has 20 heavy (non-hydrogen) atoms. The summed E-state index contributed by atoms with van der Waals surface area (Å²) in [7, 11) is 0. The summed E-state index contributed by atoms with van der Waals surface area (Å²) in [6.45, 7) is 7.19. The van der Waals surface area contributed by atoms with Crippen molar-refractivity contribution in [2.24, 2.45) is 11.3 Å². The molecule has 0 spiro atoms. The van der Waals surface area contributed by atoms with Gasteiger partial charge in [0.2, 0.25) is 0 Å². The Morgan fingerprint density at radius 3 is 2.30 bits per heavy atom. The van der Waals surface area contributed by atoms with Crippen molar-refractivity contribution < 1.29 is 0 Å². The molecule has 1 saturated carbocycles. The summed E-state index contributed by atoms with van der Waals surface area (Å²) in [6.07, 6.45) is 8.88. The Balaban J connectivity index is 1.90. The fourth-order valence-corrected chi connectivity index (χ4v) is 3.64. The summed E-state index contributed by atoms with van der Waals surface area (Å²) in [6, 6.07) is 9.52. The molecule has 0 radical (unpaired) electrons. The van der Waals surface area contributed by atoms with Gasteiger partial charge >= 0.3 is 0 Å². The Morgan fingerprint density at radius 1 is 1.00 bits per heavy atom. The van der Waals surface area contributed by atoms with Crippen LogP contribution in [-0.4, -0.2) is 12.3 Å². The first-order valence-corrected chi connectivity index (χ1v) is 9.12. The first-order chi connectivity index (χ1) is 9.49. The van der Waals surface area contributed by atoms with Crippen LogP contribution in [0.2, 0.25) is 0 Å². The molecular formula is C18H29NS. The van der Waals surface area contributed by atoms with Crippen molar-refractivity contribution in [1.29, 1.82) is 0 Å². The van der Waals surface area contributed by atoms with Crippen LogP contribution in [0.15, 0.2) is 29.2 Å². The van der Waals surface area contributed by atoms with Gasteiger partial charge < -0.3 is 5.32 Å². The van der Waals surface area contributed by atoms with Crippen LogP contribution in [0.25, 0.3) is 0 Å². The van der Waals surface area contributed by atoms with E-state index in [-0.39, 0.29) is 0 Å². The summed E-state index contributed by atoms with van der Waals surface area (Å²) in [4.78, 5) is 1.34. The molecule has 0 heterocycles. The molecule has 1 N–H and O–H groups in total. The molecule has 0 aliphatic heterocycles. The lowest BCUT2D eigenvalue weighted by atomic mass is 9.76. The predicted molar refractivity (Wildman–Crippen MR) is 91.7 cm³/mol. The van der Waals surface area contributed by atoms with E-state index in [0.29, 0.717) is 11.5 Å². The van der Waals surface area contributed by atoms with Crippen molar-refractivity contribution in [2.45, 2.75) is 63.8 Å². The highest BCUT2D eigenvalue weighted by Crippen LogP contribution is 2.37. The number of benzene rings is 1. The van der Waals surface area contributed by atoms with Crippen molar-refractivity contribution in [2.75, 3.05) is 11.6 Å². The topological polar surface area (TPSA) is 12.0 Å². The molecule has 1 aromatic rings. The van der Waals surface area contributed by atoms with Gasteiger partial charge in [-0.3, -0.25) is 0 Å². The van der Waals surface area contributed by atoms with Crippen molar-refractivity contribution in [3.63, 3.8) is 0 Å². The molecule has 2 rings (SSSR count). The predicted octanol–water partition coefficient (Wildman–Crippen LogP) is 5.82. The first kappa shape index (κ1) is 15.8. The van der Waals surface area contributed by atoms with E-state index in [9.17, 15) is 0 Å². The third kappa shape index (κ3) is 4.44. The van der Waals surface area contributed by atoms with Crippen LogP contribution in [0.5, 0.6) is 0 Å². The Morgan fingerprint density at radius 2 is 1.70 bits per heavy atom. The summed E-state index contributed by atoms with van der Waals surface area (Å²) < 4.78 is 0. The Bertz CT molecular complexity index is 404. The van der Waals surface area contributed by atoms with Crippen LogP contribution in [-0.2, 0) is 0 Å². The van der Waals surface area contributed by atoms with Crippen molar-refractivity contribution in [3.8, 4) is 0 Å². The maximum atomic E-state index is 3.73. The number of thioether (sulfide) groups is 1. The van der Waals surface area contributed by atoms with E-state index < -0.39 is 0 Å². The van der Waals surface area contributed by atoms with Crippen LogP contribution in [0.4, 0.5) is 5.69 Å². The Labute approximate surface area is 128 Å². The lowest BCUT2D eigenvalue weighted by Crippen LogP contribution is -2.21. The van der Waals surface area contributed by atoms with E-state index in [2.05, 4.69) is 56.6 Å². The van der Waals surface area contributed by atoms with Gasteiger partial charge in [-0.15, -0.1) is 11.8 Å². The molecule has 1 fully saturated rings. The van der Waals surface area contributed by atoms with E-state index in [4.69, 9.17) is 0 Å². The minimum atomic E-state index is 0.467. The van der Waals surface area contributed by atoms with E-state index in [1.807, 2.05) is 0 Å². The SMILES string of the molecule is CSc1ccc(NC2CCCC(C(C)(C)C)CC2)cc1. The summed E-state index contributed by atoms with van der Waals surface area (Å²) in [5, 5.41) is 3.73. The zero-order chi connectivity index (χ0) is 14.6. The van der Waals surface area contributed by atoms with Crippen molar-refractivity contribution in [3.05, 3.63) is 24.3 Å². The molecule has 2 atom stereocenters. The van der Waals surface area contributed by atoms with Gasteiger partial charge in [0.1, 0.15) is 0 Å². The maximum absolute atomic E-state index is 3.73. The molecule has 112 valence electrons. The molecular weight excluding hydrogens is 262 g/mol. The van der Waals surface area contributed by atoms with Gasteiger partial charge in [0.15, 0.2) is 0 Å². The maximum Gasteiger partial charge on any atom is 0.0343 e.